The van der Waals surface area contributed by atoms with Crippen molar-refractivity contribution in [2.75, 3.05) is 18.1 Å². The number of hydrogen-bond donors (Lipinski definition) is 0. The van der Waals surface area contributed by atoms with E-state index in [1.54, 1.807) is 0 Å². The smallest absolute Gasteiger partial charge is 0.0716 e. The van der Waals surface area contributed by atoms with Crippen molar-refractivity contribution in [2.45, 2.75) is 39.9 Å². The summed E-state index contributed by atoms with van der Waals surface area (Å²) in [7, 11) is 0. The molecule has 0 aliphatic heterocycles. The van der Waals surface area contributed by atoms with Gasteiger partial charge in [0.1, 0.15) is 0 Å². The van der Waals surface area contributed by atoms with Gasteiger partial charge in [-0.2, -0.15) is 0 Å². The van der Waals surface area contributed by atoms with Gasteiger partial charge in [0, 0.05) is 30.3 Å². The molecule has 3 aromatic carbocycles. The SMILES string of the molecule is CCCOCc1ccc(N(c2ccccc2)c2ccc(COCCC)cc2)cc1. The second-order valence-electron chi connectivity index (χ2n) is 7.11. The highest BCUT2D eigenvalue weighted by atomic mass is 16.5. The molecule has 0 aliphatic rings. The second-order valence-corrected chi connectivity index (χ2v) is 7.11. The Labute approximate surface area is 174 Å². The van der Waals surface area contributed by atoms with E-state index in [9.17, 15) is 0 Å². The maximum absolute atomic E-state index is 5.67. The molecule has 0 aromatic heterocycles. The van der Waals surface area contributed by atoms with Gasteiger partial charge in [0.2, 0.25) is 0 Å². The van der Waals surface area contributed by atoms with Crippen LogP contribution < -0.4 is 4.90 Å². The lowest BCUT2D eigenvalue weighted by Crippen LogP contribution is -2.10. The highest BCUT2D eigenvalue weighted by molar-refractivity contribution is 5.76. The molecule has 0 fully saturated rings. The summed E-state index contributed by atoms with van der Waals surface area (Å²) in [6.45, 7) is 7.17. The van der Waals surface area contributed by atoms with Gasteiger partial charge in [0.25, 0.3) is 0 Å². The number of nitrogens with zero attached hydrogens (tertiary/aromatic N) is 1. The normalized spacial score (nSPS) is 10.8. The molecule has 3 aromatic rings. The van der Waals surface area contributed by atoms with Gasteiger partial charge >= 0.3 is 0 Å². The number of hydrogen-bond acceptors (Lipinski definition) is 3. The molecule has 0 amide bonds. The molecule has 0 saturated carbocycles. The van der Waals surface area contributed by atoms with Gasteiger partial charge < -0.3 is 14.4 Å². The number of anilines is 3. The lowest BCUT2D eigenvalue weighted by molar-refractivity contribution is 0.121. The highest BCUT2D eigenvalue weighted by Gasteiger charge is 2.12. The van der Waals surface area contributed by atoms with Crippen LogP contribution in [0.25, 0.3) is 0 Å². The Bertz CT molecular complexity index is 775. The van der Waals surface area contributed by atoms with Crippen molar-refractivity contribution in [3.05, 3.63) is 90.0 Å². The zero-order chi connectivity index (χ0) is 20.3. The summed E-state index contributed by atoms with van der Waals surface area (Å²) in [4.78, 5) is 2.27. The summed E-state index contributed by atoms with van der Waals surface area (Å²) in [6, 6.07) is 27.7. The van der Waals surface area contributed by atoms with Crippen LogP contribution in [0.15, 0.2) is 78.9 Å². The highest BCUT2D eigenvalue weighted by Crippen LogP contribution is 2.34. The molecule has 29 heavy (non-hydrogen) atoms. The fourth-order valence-electron chi connectivity index (χ4n) is 3.18. The van der Waals surface area contributed by atoms with Crippen LogP contribution in [0.2, 0.25) is 0 Å². The zero-order valence-corrected chi connectivity index (χ0v) is 17.5. The first-order chi connectivity index (χ1) is 14.3. The molecular weight excluding hydrogens is 358 g/mol. The van der Waals surface area contributed by atoms with E-state index in [1.165, 1.54) is 11.1 Å². The summed E-state index contributed by atoms with van der Waals surface area (Å²) in [6.07, 6.45) is 2.08. The Morgan fingerprint density at radius 2 is 0.966 bits per heavy atom. The molecule has 3 rings (SSSR count). The Kier molecular flexibility index (Phi) is 8.29. The van der Waals surface area contributed by atoms with Crippen molar-refractivity contribution in [1.82, 2.24) is 0 Å². The zero-order valence-electron chi connectivity index (χ0n) is 17.5. The van der Waals surface area contributed by atoms with Crippen LogP contribution in [0.5, 0.6) is 0 Å². The largest absolute Gasteiger partial charge is 0.377 e. The van der Waals surface area contributed by atoms with E-state index in [2.05, 4.69) is 91.5 Å². The van der Waals surface area contributed by atoms with Crippen molar-refractivity contribution >= 4 is 17.1 Å². The lowest BCUT2D eigenvalue weighted by Gasteiger charge is -2.26. The number of benzene rings is 3. The monoisotopic (exact) mass is 389 g/mol. The molecular formula is C26H31NO2. The molecule has 0 bridgehead atoms. The predicted octanol–water partition coefficient (Wildman–Crippen LogP) is 7.01. The van der Waals surface area contributed by atoms with E-state index in [1.807, 2.05) is 6.07 Å². The summed E-state index contributed by atoms with van der Waals surface area (Å²) in [5.41, 5.74) is 5.78. The van der Waals surface area contributed by atoms with Crippen LogP contribution >= 0.6 is 0 Å². The second kappa shape index (κ2) is 11.4. The number of rotatable bonds is 11. The minimum absolute atomic E-state index is 0.659. The van der Waals surface area contributed by atoms with Crippen LogP contribution in [0, 0.1) is 0 Å². The average molecular weight is 390 g/mol. The molecule has 0 heterocycles. The topological polar surface area (TPSA) is 21.7 Å². The third kappa shape index (κ3) is 6.18. The van der Waals surface area contributed by atoms with Gasteiger partial charge in [-0.1, -0.05) is 56.3 Å². The lowest BCUT2D eigenvalue weighted by atomic mass is 10.1. The first kappa shape index (κ1) is 21.1. The van der Waals surface area contributed by atoms with Gasteiger partial charge in [-0.05, 0) is 60.4 Å². The molecule has 3 heteroatoms. The van der Waals surface area contributed by atoms with Gasteiger partial charge in [0.15, 0.2) is 0 Å². The minimum atomic E-state index is 0.659. The maximum Gasteiger partial charge on any atom is 0.0716 e. The maximum atomic E-state index is 5.67. The Hall–Kier alpha value is -2.62. The van der Waals surface area contributed by atoms with E-state index in [-0.39, 0.29) is 0 Å². The molecule has 0 aliphatic carbocycles. The first-order valence-electron chi connectivity index (χ1n) is 10.5. The summed E-state index contributed by atoms with van der Waals surface area (Å²) < 4.78 is 11.3. The summed E-state index contributed by atoms with van der Waals surface area (Å²) >= 11 is 0. The number of para-hydroxylation sites is 1. The van der Waals surface area contributed by atoms with E-state index in [0.29, 0.717) is 13.2 Å². The van der Waals surface area contributed by atoms with Gasteiger partial charge in [-0.3, -0.25) is 0 Å². The Morgan fingerprint density at radius 1 is 0.552 bits per heavy atom. The molecule has 152 valence electrons. The molecule has 0 saturated heterocycles. The molecule has 0 spiro atoms. The fourth-order valence-corrected chi connectivity index (χ4v) is 3.18. The third-order valence-corrected chi connectivity index (χ3v) is 4.64. The van der Waals surface area contributed by atoms with E-state index >= 15 is 0 Å². The third-order valence-electron chi connectivity index (χ3n) is 4.64. The predicted molar refractivity (Wildman–Crippen MR) is 121 cm³/mol. The average Bonchev–Trinajstić information content (AvgIpc) is 2.77. The molecule has 0 radical (unpaired) electrons. The van der Waals surface area contributed by atoms with Gasteiger partial charge in [0.05, 0.1) is 13.2 Å². The van der Waals surface area contributed by atoms with Crippen LogP contribution in [0.3, 0.4) is 0 Å². The Balaban J connectivity index is 1.82. The van der Waals surface area contributed by atoms with Crippen molar-refractivity contribution in [1.29, 1.82) is 0 Å². The van der Waals surface area contributed by atoms with Crippen molar-refractivity contribution in [3.63, 3.8) is 0 Å². The molecule has 3 nitrogen and oxygen atoms in total. The molecule has 0 unspecified atom stereocenters. The quantitative estimate of drug-likeness (QED) is 0.329. The van der Waals surface area contributed by atoms with Crippen LogP contribution in [-0.2, 0) is 22.7 Å². The van der Waals surface area contributed by atoms with Gasteiger partial charge in [-0.25, -0.2) is 0 Å². The summed E-state index contributed by atoms with van der Waals surface area (Å²) in [5, 5.41) is 0. The molecule has 0 atom stereocenters. The van der Waals surface area contributed by atoms with Crippen LogP contribution in [0.4, 0.5) is 17.1 Å². The van der Waals surface area contributed by atoms with Gasteiger partial charge in [-0.15, -0.1) is 0 Å². The van der Waals surface area contributed by atoms with E-state index < -0.39 is 0 Å². The molecule has 0 N–H and O–H groups in total. The van der Waals surface area contributed by atoms with E-state index in [0.717, 1.165) is 43.1 Å². The van der Waals surface area contributed by atoms with E-state index in [4.69, 9.17) is 9.47 Å². The van der Waals surface area contributed by atoms with Crippen LogP contribution in [-0.4, -0.2) is 13.2 Å². The number of ether oxygens (including phenoxy) is 2. The van der Waals surface area contributed by atoms with Crippen LogP contribution in [0.1, 0.15) is 37.8 Å². The standard InChI is InChI=1S/C26H31NO2/c1-3-18-28-20-22-10-14-25(15-11-22)27(24-8-6-5-7-9-24)26-16-12-23(13-17-26)21-29-19-4-2/h5-17H,3-4,18-21H2,1-2H3. The first-order valence-corrected chi connectivity index (χ1v) is 10.5. The fraction of sp³-hybridized carbons (Fsp3) is 0.308. The van der Waals surface area contributed by atoms with Crippen molar-refractivity contribution < 1.29 is 9.47 Å². The minimum Gasteiger partial charge on any atom is -0.377 e. The Morgan fingerprint density at radius 3 is 1.38 bits per heavy atom. The van der Waals surface area contributed by atoms with Crippen molar-refractivity contribution in [3.8, 4) is 0 Å². The summed E-state index contributed by atoms with van der Waals surface area (Å²) in [5.74, 6) is 0. The van der Waals surface area contributed by atoms with Crippen molar-refractivity contribution in [2.24, 2.45) is 0 Å².